The zero-order valence-electron chi connectivity index (χ0n) is 11.9. The van der Waals surface area contributed by atoms with Gasteiger partial charge in [0.1, 0.15) is 0 Å². The highest BCUT2D eigenvalue weighted by molar-refractivity contribution is 9.10. The van der Waals surface area contributed by atoms with Crippen molar-refractivity contribution in [3.63, 3.8) is 0 Å². The quantitative estimate of drug-likeness (QED) is 0.896. The lowest BCUT2D eigenvalue weighted by molar-refractivity contribution is 0.0351. The van der Waals surface area contributed by atoms with Crippen LogP contribution in [0.1, 0.15) is 38.3 Å². The van der Waals surface area contributed by atoms with Gasteiger partial charge in [0, 0.05) is 23.6 Å². The largest absolute Gasteiger partial charge is 0.390 e. The van der Waals surface area contributed by atoms with Crippen molar-refractivity contribution in [2.24, 2.45) is 0 Å². The average molecular weight is 327 g/mol. The van der Waals surface area contributed by atoms with Crippen molar-refractivity contribution in [2.45, 2.75) is 38.3 Å². The number of piperidine rings is 1. The maximum atomic E-state index is 10.0. The van der Waals surface area contributed by atoms with Crippen LogP contribution in [0.5, 0.6) is 0 Å². The Morgan fingerprint density at radius 1 is 1.37 bits per heavy atom. The molecule has 1 unspecified atom stereocenters. The van der Waals surface area contributed by atoms with E-state index in [2.05, 4.69) is 51.3 Å². The third-order valence-electron chi connectivity index (χ3n) is 4.09. The van der Waals surface area contributed by atoms with Gasteiger partial charge in [-0.05, 0) is 67.4 Å². The van der Waals surface area contributed by atoms with E-state index in [4.69, 9.17) is 0 Å². The predicted molar refractivity (Wildman–Crippen MR) is 83.7 cm³/mol. The Balaban J connectivity index is 2.14. The highest BCUT2D eigenvalue weighted by atomic mass is 79.9. The zero-order valence-corrected chi connectivity index (χ0v) is 13.5. The Morgan fingerprint density at radius 3 is 2.53 bits per heavy atom. The van der Waals surface area contributed by atoms with Crippen LogP contribution in [-0.2, 0) is 0 Å². The Morgan fingerprint density at radius 2 is 2.00 bits per heavy atom. The van der Waals surface area contributed by atoms with E-state index in [1.54, 1.807) is 0 Å². The van der Waals surface area contributed by atoms with Crippen LogP contribution in [0.15, 0.2) is 22.7 Å². The van der Waals surface area contributed by atoms with Gasteiger partial charge < -0.3 is 15.3 Å². The average Bonchev–Trinajstić information content (AvgIpc) is 2.38. The first-order valence-electron chi connectivity index (χ1n) is 6.87. The molecule has 0 saturated carbocycles. The van der Waals surface area contributed by atoms with Crippen LogP contribution in [0.3, 0.4) is 0 Å². The number of anilines is 1. The van der Waals surface area contributed by atoms with Gasteiger partial charge >= 0.3 is 0 Å². The van der Waals surface area contributed by atoms with Crippen molar-refractivity contribution in [3.05, 3.63) is 28.2 Å². The Kier molecular flexibility index (Phi) is 4.54. The normalized spacial score (nSPS) is 20.4. The number of rotatable bonds is 3. The van der Waals surface area contributed by atoms with E-state index in [0.717, 1.165) is 30.4 Å². The van der Waals surface area contributed by atoms with E-state index in [-0.39, 0.29) is 0 Å². The van der Waals surface area contributed by atoms with E-state index >= 15 is 0 Å². The summed E-state index contributed by atoms with van der Waals surface area (Å²) in [4.78, 5) is 2.34. The number of nitrogens with one attached hydrogen (secondary N) is 1. The molecular formula is C15H23BrN2O. The van der Waals surface area contributed by atoms with Gasteiger partial charge in [-0.1, -0.05) is 6.07 Å². The number of hydrogen-bond donors (Lipinski definition) is 2. The molecule has 3 nitrogen and oxygen atoms in total. The van der Waals surface area contributed by atoms with Gasteiger partial charge in [0.15, 0.2) is 0 Å². The Bertz CT molecular complexity index is 438. The minimum Gasteiger partial charge on any atom is -0.390 e. The van der Waals surface area contributed by atoms with Gasteiger partial charge in [-0.3, -0.25) is 0 Å². The first-order chi connectivity index (χ1) is 8.93. The van der Waals surface area contributed by atoms with Crippen molar-refractivity contribution in [1.82, 2.24) is 5.32 Å². The van der Waals surface area contributed by atoms with Crippen LogP contribution in [-0.4, -0.2) is 30.8 Å². The fourth-order valence-electron chi connectivity index (χ4n) is 2.44. The van der Waals surface area contributed by atoms with Crippen molar-refractivity contribution < 1.29 is 5.11 Å². The van der Waals surface area contributed by atoms with Gasteiger partial charge in [0.2, 0.25) is 0 Å². The highest BCUT2D eigenvalue weighted by Gasteiger charge is 2.28. The molecular weight excluding hydrogens is 304 g/mol. The maximum Gasteiger partial charge on any atom is 0.0653 e. The summed E-state index contributed by atoms with van der Waals surface area (Å²) in [6.07, 6.45) is 1.65. The Labute approximate surface area is 124 Å². The van der Waals surface area contributed by atoms with E-state index in [9.17, 15) is 5.11 Å². The summed E-state index contributed by atoms with van der Waals surface area (Å²) < 4.78 is 1.13. The summed E-state index contributed by atoms with van der Waals surface area (Å²) in [5.41, 5.74) is 2.01. The third-order valence-corrected chi connectivity index (χ3v) is 4.72. The van der Waals surface area contributed by atoms with Crippen molar-refractivity contribution >= 4 is 21.6 Å². The first-order valence-corrected chi connectivity index (χ1v) is 7.66. The van der Waals surface area contributed by atoms with Gasteiger partial charge in [0.05, 0.1) is 11.3 Å². The summed E-state index contributed by atoms with van der Waals surface area (Å²) in [5.74, 6) is 0. The van der Waals surface area contributed by atoms with Crippen LogP contribution in [0, 0.1) is 0 Å². The molecule has 1 aromatic carbocycles. The molecule has 0 bridgehead atoms. The molecule has 4 heteroatoms. The van der Waals surface area contributed by atoms with Crippen LogP contribution in [0.25, 0.3) is 0 Å². The van der Waals surface area contributed by atoms with E-state index in [0.29, 0.717) is 6.04 Å². The molecule has 0 aromatic heterocycles. The summed E-state index contributed by atoms with van der Waals surface area (Å²) in [6, 6.07) is 6.89. The molecule has 0 aliphatic carbocycles. The number of nitrogens with zero attached hydrogens (tertiary/aromatic N) is 1. The van der Waals surface area contributed by atoms with Crippen LogP contribution in [0.4, 0.5) is 5.69 Å². The molecule has 2 rings (SSSR count). The molecule has 0 spiro atoms. The number of hydrogen-bond acceptors (Lipinski definition) is 3. The molecule has 0 amide bonds. The second-order valence-electron chi connectivity index (χ2n) is 5.71. The summed E-state index contributed by atoms with van der Waals surface area (Å²) in [6.45, 7) is 5.90. The molecule has 1 aliphatic rings. The number of benzene rings is 1. The van der Waals surface area contributed by atoms with Gasteiger partial charge in [-0.25, -0.2) is 0 Å². The topological polar surface area (TPSA) is 35.5 Å². The Hall–Kier alpha value is -0.580. The van der Waals surface area contributed by atoms with E-state index in [1.165, 1.54) is 11.3 Å². The fraction of sp³-hybridized carbons (Fsp3) is 0.600. The molecule has 0 radical (unpaired) electrons. The minimum atomic E-state index is -0.496. The molecule has 1 atom stereocenters. The van der Waals surface area contributed by atoms with Crippen LogP contribution in [0.2, 0.25) is 0 Å². The molecule has 19 heavy (non-hydrogen) atoms. The minimum absolute atomic E-state index is 0.354. The third kappa shape index (κ3) is 3.50. The summed E-state index contributed by atoms with van der Waals surface area (Å²) >= 11 is 3.68. The van der Waals surface area contributed by atoms with Crippen molar-refractivity contribution in [1.29, 1.82) is 0 Å². The second-order valence-corrected chi connectivity index (χ2v) is 6.56. The molecule has 1 heterocycles. The number of halogens is 1. The smallest absolute Gasteiger partial charge is 0.0653 e. The zero-order chi connectivity index (χ0) is 14.0. The van der Waals surface area contributed by atoms with Crippen molar-refractivity contribution in [2.75, 3.05) is 25.0 Å². The molecule has 1 fully saturated rings. The monoisotopic (exact) mass is 326 g/mol. The van der Waals surface area contributed by atoms with Gasteiger partial charge in [-0.15, -0.1) is 0 Å². The molecule has 106 valence electrons. The van der Waals surface area contributed by atoms with Crippen LogP contribution < -0.4 is 10.2 Å². The lowest BCUT2D eigenvalue weighted by atomic mass is 9.93. The maximum absolute atomic E-state index is 10.0. The number of aliphatic hydroxyl groups is 1. The van der Waals surface area contributed by atoms with E-state index in [1.807, 2.05) is 14.0 Å². The van der Waals surface area contributed by atoms with Crippen molar-refractivity contribution in [3.8, 4) is 0 Å². The van der Waals surface area contributed by atoms with Gasteiger partial charge in [-0.2, -0.15) is 0 Å². The highest BCUT2D eigenvalue weighted by Crippen LogP contribution is 2.33. The summed E-state index contributed by atoms with van der Waals surface area (Å²) in [7, 11) is 1.97. The van der Waals surface area contributed by atoms with E-state index < -0.39 is 5.60 Å². The summed E-state index contributed by atoms with van der Waals surface area (Å²) in [5, 5.41) is 13.3. The standard InChI is InChI=1S/C15H23BrN2O/c1-11(17-3)12-4-5-14(13(16)10-12)18-8-6-15(2,19)7-9-18/h4-5,10-11,17,19H,6-9H2,1-3H3. The second kappa shape index (κ2) is 5.81. The fourth-order valence-corrected chi connectivity index (χ4v) is 3.09. The molecule has 1 aromatic rings. The first kappa shape index (κ1) is 14.8. The molecule has 1 aliphatic heterocycles. The van der Waals surface area contributed by atoms with Crippen LogP contribution >= 0.6 is 15.9 Å². The molecule has 1 saturated heterocycles. The lowest BCUT2D eigenvalue weighted by Gasteiger charge is -2.37. The SMILES string of the molecule is CNC(C)c1ccc(N2CCC(C)(O)CC2)c(Br)c1. The van der Waals surface area contributed by atoms with Gasteiger partial charge in [0.25, 0.3) is 0 Å². The lowest BCUT2D eigenvalue weighted by Crippen LogP contribution is -2.42. The predicted octanol–water partition coefficient (Wildman–Crippen LogP) is 3.08. The molecule has 2 N–H and O–H groups in total.